The first-order valence-electron chi connectivity index (χ1n) is 6.38. The van der Waals surface area contributed by atoms with Crippen molar-refractivity contribution in [3.63, 3.8) is 0 Å². The van der Waals surface area contributed by atoms with Gasteiger partial charge in [-0.1, -0.05) is 0 Å². The number of hydrogen-bond donors (Lipinski definition) is 1. The zero-order valence-corrected chi connectivity index (χ0v) is 13.2. The van der Waals surface area contributed by atoms with E-state index >= 15 is 0 Å². The van der Waals surface area contributed by atoms with Gasteiger partial charge in [0.2, 0.25) is 0 Å². The third-order valence-corrected chi connectivity index (χ3v) is 3.41. The maximum Gasteiger partial charge on any atom is 0.325 e. The molecule has 0 amide bonds. The van der Waals surface area contributed by atoms with Gasteiger partial charge in [-0.2, -0.15) is 0 Å². The van der Waals surface area contributed by atoms with E-state index in [0.29, 0.717) is 10.2 Å². The fourth-order valence-electron chi connectivity index (χ4n) is 1.82. The summed E-state index contributed by atoms with van der Waals surface area (Å²) in [5.74, 6) is -0.483. The Balaban J connectivity index is 2.35. The monoisotopic (exact) mass is 368 g/mol. The summed E-state index contributed by atoms with van der Waals surface area (Å²) in [6.07, 6.45) is 4.88. The molecule has 0 spiro atoms. The molecule has 0 unspecified atom stereocenters. The Kier molecular flexibility index (Phi) is 5.10. The number of aromatic nitrogens is 2. The number of nitro benzene ring substituents is 1. The Morgan fingerprint density at radius 3 is 2.91 bits per heavy atom. The minimum Gasteiger partial charge on any atom is -0.465 e. The molecule has 2 aromatic rings. The van der Waals surface area contributed by atoms with Crippen LogP contribution in [0.3, 0.4) is 0 Å². The number of anilines is 1. The molecule has 0 radical (unpaired) electrons. The molecule has 1 aromatic heterocycles. The number of esters is 1. The van der Waals surface area contributed by atoms with Crippen LogP contribution in [0.15, 0.2) is 35.3 Å². The lowest BCUT2D eigenvalue weighted by Gasteiger charge is -2.11. The minimum atomic E-state index is -0.518. The highest BCUT2D eigenvalue weighted by atomic mass is 79.9. The van der Waals surface area contributed by atoms with Crippen molar-refractivity contribution in [1.82, 2.24) is 9.55 Å². The SMILES string of the molecule is CCOC(=O)CNc1cc(-n2ccnc2)c(Br)cc1[N+](=O)[O-]. The molecule has 116 valence electrons. The van der Waals surface area contributed by atoms with Crippen molar-refractivity contribution in [2.24, 2.45) is 0 Å². The Labute approximate surface area is 134 Å². The minimum absolute atomic E-state index is 0.139. The van der Waals surface area contributed by atoms with E-state index in [1.807, 2.05) is 0 Å². The van der Waals surface area contributed by atoms with E-state index in [9.17, 15) is 14.9 Å². The van der Waals surface area contributed by atoms with Crippen LogP contribution in [0.25, 0.3) is 5.69 Å². The van der Waals surface area contributed by atoms with E-state index in [1.165, 1.54) is 6.07 Å². The number of nitrogens with zero attached hydrogens (tertiary/aromatic N) is 3. The first kappa shape index (κ1) is 16.0. The quantitative estimate of drug-likeness (QED) is 0.477. The van der Waals surface area contributed by atoms with Crippen LogP contribution < -0.4 is 5.32 Å². The van der Waals surface area contributed by atoms with E-state index in [1.54, 1.807) is 36.3 Å². The van der Waals surface area contributed by atoms with Gasteiger partial charge in [-0.25, -0.2) is 4.98 Å². The van der Waals surface area contributed by atoms with Gasteiger partial charge in [0, 0.05) is 22.9 Å². The van der Waals surface area contributed by atoms with Crippen LogP contribution in [0.2, 0.25) is 0 Å². The second-order valence-electron chi connectivity index (χ2n) is 4.21. The van der Waals surface area contributed by atoms with Crippen molar-refractivity contribution >= 4 is 33.3 Å². The van der Waals surface area contributed by atoms with Crippen LogP contribution in [0.1, 0.15) is 6.92 Å². The normalized spacial score (nSPS) is 10.3. The Bertz CT molecular complexity index is 688. The maximum absolute atomic E-state index is 11.4. The summed E-state index contributed by atoms with van der Waals surface area (Å²) in [6.45, 7) is 1.79. The van der Waals surface area contributed by atoms with Gasteiger partial charge in [0.15, 0.2) is 0 Å². The van der Waals surface area contributed by atoms with E-state index < -0.39 is 10.9 Å². The molecule has 0 saturated carbocycles. The molecule has 0 fully saturated rings. The number of carbonyl (C=O) groups excluding carboxylic acids is 1. The standard InChI is InChI=1S/C13H13BrN4O4/c1-2-22-13(19)7-16-10-6-11(17-4-3-15-8-17)9(14)5-12(10)18(20)21/h3-6,8,16H,2,7H2,1H3. The van der Waals surface area contributed by atoms with Gasteiger partial charge in [-0.05, 0) is 28.9 Å². The van der Waals surface area contributed by atoms with Crippen molar-refractivity contribution in [3.8, 4) is 5.69 Å². The molecule has 0 saturated heterocycles. The first-order valence-corrected chi connectivity index (χ1v) is 7.18. The van der Waals surface area contributed by atoms with Crippen LogP contribution in [-0.4, -0.2) is 33.6 Å². The zero-order valence-electron chi connectivity index (χ0n) is 11.7. The van der Waals surface area contributed by atoms with E-state index in [-0.39, 0.29) is 24.5 Å². The fraction of sp³-hybridized carbons (Fsp3) is 0.231. The number of rotatable bonds is 6. The third kappa shape index (κ3) is 3.61. The number of ether oxygens (including phenoxy) is 1. The molecule has 0 bridgehead atoms. The predicted octanol–water partition coefficient (Wildman–Crippen LogP) is 2.52. The molecule has 0 aliphatic rings. The number of nitrogens with one attached hydrogen (secondary N) is 1. The van der Waals surface area contributed by atoms with Crippen molar-refractivity contribution < 1.29 is 14.5 Å². The molecule has 0 aliphatic heterocycles. The summed E-state index contributed by atoms with van der Waals surface area (Å²) in [4.78, 5) is 26.0. The molecular formula is C13H13BrN4O4. The van der Waals surface area contributed by atoms with Crippen LogP contribution >= 0.6 is 15.9 Å². The first-order chi connectivity index (χ1) is 10.5. The van der Waals surface area contributed by atoms with Gasteiger partial charge >= 0.3 is 5.97 Å². The van der Waals surface area contributed by atoms with E-state index in [2.05, 4.69) is 26.2 Å². The fourth-order valence-corrected chi connectivity index (χ4v) is 2.36. The molecule has 0 aliphatic carbocycles. The highest BCUT2D eigenvalue weighted by Crippen LogP contribution is 2.33. The number of carbonyl (C=O) groups is 1. The van der Waals surface area contributed by atoms with Crippen LogP contribution in [0, 0.1) is 10.1 Å². The van der Waals surface area contributed by atoms with Crippen LogP contribution in [-0.2, 0) is 9.53 Å². The van der Waals surface area contributed by atoms with Gasteiger partial charge in [-0.3, -0.25) is 14.9 Å². The molecule has 1 heterocycles. The molecule has 8 nitrogen and oxygen atoms in total. The molecular weight excluding hydrogens is 356 g/mol. The summed E-state index contributed by atoms with van der Waals surface area (Å²) >= 11 is 3.30. The van der Waals surface area contributed by atoms with Crippen LogP contribution in [0.4, 0.5) is 11.4 Å². The lowest BCUT2D eigenvalue weighted by atomic mass is 10.2. The number of imidazole rings is 1. The molecule has 22 heavy (non-hydrogen) atoms. The molecule has 9 heteroatoms. The molecule has 1 aromatic carbocycles. The number of hydrogen-bond acceptors (Lipinski definition) is 6. The number of nitro groups is 1. The van der Waals surface area contributed by atoms with Crippen molar-refractivity contribution in [2.75, 3.05) is 18.5 Å². The summed E-state index contributed by atoms with van der Waals surface area (Å²) in [5, 5.41) is 13.9. The van der Waals surface area contributed by atoms with Gasteiger partial charge in [0.05, 0.1) is 23.5 Å². The number of benzene rings is 1. The van der Waals surface area contributed by atoms with Crippen molar-refractivity contribution in [3.05, 3.63) is 45.4 Å². The van der Waals surface area contributed by atoms with Gasteiger partial charge < -0.3 is 14.6 Å². The number of halogens is 1. The lowest BCUT2D eigenvalue weighted by Crippen LogP contribution is -2.17. The smallest absolute Gasteiger partial charge is 0.325 e. The average Bonchev–Trinajstić information content (AvgIpc) is 2.99. The second kappa shape index (κ2) is 7.03. The van der Waals surface area contributed by atoms with Gasteiger partial charge in [0.25, 0.3) is 5.69 Å². The summed E-state index contributed by atoms with van der Waals surface area (Å²) in [5.41, 5.74) is 0.749. The Hall–Kier alpha value is -2.42. The summed E-state index contributed by atoms with van der Waals surface area (Å²) < 4.78 is 7.03. The average molecular weight is 369 g/mol. The Morgan fingerprint density at radius 1 is 1.55 bits per heavy atom. The zero-order chi connectivity index (χ0) is 16.1. The van der Waals surface area contributed by atoms with Crippen molar-refractivity contribution in [1.29, 1.82) is 0 Å². The van der Waals surface area contributed by atoms with Gasteiger partial charge in [0.1, 0.15) is 12.2 Å². The molecule has 1 N–H and O–H groups in total. The Morgan fingerprint density at radius 2 is 2.32 bits per heavy atom. The molecule has 0 atom stereocenters. The van der Waals surface area contributed by atoms with Gasteiger partial charge in [-0.15, -0.1) is 0 Å². The third-order valence-electron chi connectivity index (χ3n) is 2.77. The largest absolute Gasteiger partial charge is 0.465 e. The second-order valence-corrected chi connectivity index (χ2v) is 5.06. The maximum atomic E-state index is 11.4. The lowest BCUT2D eigenvalue weighted by molar-refractivity contribution is -0.384. The highest BCUT2D eigenvalue weighted by Gasteiger charge is 2.18. The summed E-state index contributed by atoms with van der Waals surface area (Å²) in [6, 6.07) is 2.95. The van der Waals surface area contributed by atoms with Crippen molar-refractivity contribution in [2.45, 2.75) is 6.92 Å². The summed E-state index contributed by atoms with van der Waals surface area (Å²) in [7, 11) is 0. The van der Waals surface area contributed by atoms with Crippen LogP contribution in [0.5, 0.6) is 0 Å². The molecule has 2 rings (SSSR count). The van der Waals surface area contributed by atoms with E-state index in [4.69, 9.17) is 4.74 Å². The van der Waals surface area contributed by atoms with E-state index in [0.717, 1.165) is 0 Å². The topological polar surface area (TPSA) is 99.3 Å². The highest BCUT2D eigenvalue weighted by molar-refractivity contribution is 9.10. The predicted molar refractivity (Wildman–Crippen MR) is 83.0 cm³/mol.